The van der Waals surface area contributed by atoms with E-state index in [1.807, 2.05) is 42.5 Å². The van der Waals surface area contributed by atoms with Crippen LogP contribution in [0.5, 0.6) is 5.75 Å². The Morgan fingerprint density at radius 1 is 1.03 bits per heavy atom. The van der Waals surface area contributed by atoms with Gasteiger partial charge in [-0.05, 0) is 66.8 Å². The molecule has 1 aromatic heterocycles. The van der Waals surface area contributed by atoms with Crippen molar-refractivity contribution in [3.05, 3.63) is 88.3 Å². The van der Waals surface area contributed by atoms with Gasteiger partial charge in [0.15, 0.2) is 5.11 Å². The van der Waals surface area contributed by atoms with Crippen LogP contribution in [0.15, 0.2) is 72.8 Å². The third-order valence-corrected chi connectivity index (χ3v) is 6.97. The monoisotopic (exact) mass is 509 g/mol. The number of carbonyl (C=O) groups is 2. The summed E-state index contributed by atoms with van der Waals surface area (Å²) in [5.41, 5.74) is 1.97. The molecule has 172 valence electrons. The van der Waals surface area contributed by atoms with Crippen molar-refractivity contribution in [2.24, 2.45) is 0 Å². The molecule has 0 atom stereocenters. The summed E-state index contributed by atoms with van der Waals surface area (Å²) in [6.07, 6.45) is 0. The minimum atomic E-state index is -0.404. The fourth-order valence-electron chi connectivity index (χ4n) is 3.30. The molecule has 34 heavy (non-hydrogen) atoms. The Bertz CT molecular complexity index is 1370. The third-order valence-electron chi connectivity index (χ3n) is 5.11. The second kappa shape index (κ2) is 10.2. The van der Waals surface area contributed by atoms with Crippen molar-refractivity contribution in [2.75, 3.05) is 24.4 Å². The average molecular weight is 510 g/mol. The van der Waals surface area contributed by atoms with Gasteiger partial charge in [0, 0.05) is 34.1 Å². The van der Waals surface area contributed by atoms with E-state index in [1.165, 1.54) is 11.3 Å². The van der Waals surface area contributed by atoms with E-state index < -0.39 is 5.91 Å². The molecule has 0 aliphatic heterocycles. The largest absolute Gasteiger partial charge is 0.497 e. The number of benzene rings is 3. The number of fused-ring (bicyclic) bond motifs is 1. The van der Waals surface area contributed by atoms with E-state index in [4.69, 9.17) is 28.6 Å². The number of hydrogen-bond acceptors (Lipinski definition) is 5. The van der Waals surface area contributed by atoms with Crippen molar-refractivity contribution in [1.29, 1.82) is 0 Å². The molecule has 4 aromatic rings. The lowest BCUT2D eigenvalue weighted by atomic mass is 10.1. The lowest BCUT2D eigenvalue weighted by Gasteiger charge is -2.17. The van der Waals surface area contributed by atoms with E-state index >= 15 is 0 Å². The number of thiocarbonyl (C=S) groups is 1. The van der Waals surface area contributed by atoms with Crippen molar-refractivity contribution in [3.8, 4) is 5.75 Å². The van der Waals surface area contributed by atoms with Crippen LogP contribution < -0.4 is 20.3 Å². The highest BCUT2D eigenvalue weighted by molar-refractivity contribution is 7.80. The van der Waals surface area contributed by atoms with E-state index in [-0.39, 0.29) is 11.0 Å². The molecule has 0 radical (unpaired) electrons. The van der Waals surface area contributed by atoms with Crippen molar-refractivity contribution in [3.63, 3.8) is 0 Å². The fraction of sp³-hybridized carbons (Fsp3) is 0.0800. The number of amides is 2. The van der Waals surface area contributed by atoms with Crippen LogP contribution in [0, 0.1) is 0 Å². The lowest BCUT2D eigenvalue weighted by molar-refractivity contribution is 0.0977. The summed E-state index contributed by atoms with van der Waals surface area (Å²) in [7, 11) is 3.31. The minimum absolute atomic E-state index is 0.122. The number of methoxy groups -OCH3 is 1. The molecular formula is C25H20ClN3O3S2. The Hall–Kier alpha value is -3.46. The molecule has 0 spiro atoms. The Kier molecular flexibility index (Phi) is 7.12. The lowest BCUT2D eigenvalue weighted by Crippen LogP contribution is -2.33. The Morgan fingerprint density at radius 3 is 2.41 bits per heavy atom. The zero-order chi connectivity index (χ0) is 24.2. The van der Waals surface area contributed by atoms with Crippen molar-refractivity contribution in [2.45, 2.75) is 0 Å². The molecule has 0 aliphatic carbocycles. The van der Waals surface area contributed by atoms with Crippen LogP contribution in [0.1, 0.15) is 20.0 Å². The molecule has 1 heterocycles. The fourth-order valence-corrected chi connectivity index (χ4v) is 4.95. The maximum absolute atomic E-state index is 12.7. The van der Waals surface area contributed by atoms with Gasteiger partial charge in [0.2, 0.25) is 0 Å². The van der Waals surface area contributed by atoms with E-state index in [0.717, 1.165) is 15.8 Å². The van der Waals surface area contributed by atoms with Crippen LogP contribution in [0.2, 0.25) is 5.02 Å². The predicted octanol–water partition coefficient (Wildman–Crippen LogP) is 5.97. The van der Waals surface area contributed by atoms with E-state index in [9.17, 15) is 9.59 Å². The number of hydrogen-bond donors (Lipinski definition) is 2. The highest BCUT2D eigenvalue weighted by Gasteiger charge is 2.19. The summed E-state index contributed by atoms with van der Waals surface area (Å²) in [6.45, 7) is 0. The quantitative estimate of drug-likeness (QED) is 0.324. The predicted molar refractivity (Wildman–Crippen MR) is 143 cm³/mol. The Labute approximate surface area is 211 Å². The van der Waals surface area contributed by atoms with E-state index in [1.54, 1.807) is 49.4 Å². The van der Waals surface area contributed by atoms with Crippen LogP contribution in [-0.4, -0.2) is 31.1 Å². The van der Waals surface area contributed by atoms with Gasteiger partial charge in [-0.3, -0.25) is 14.9 Å². The Balaban J connectivity index is 1.40. The van der Waals surface area contributed by atoms with Gasteiger partial charge in [-0.25, -0.2) is 0 Å². The SMILES string of the molecule is COc1ccc2c(Cl)c(C(=O)NC(=S)Nc3ccc(C(=O)N(C)c4ccccc4)cc3)sc2c1. The third kappa shape index (κ3) is 5.04. The number of halogens is 1. The number of carbonyl (C=O) groups excluding carboxylic acids is 2. The molecule has 9 heteroatoms. The molecule has 0 fully saturated rings. The first-order chi connectivity index (χ1) is 16.4. The molecule has 6 nitrogen and oxygen atoms in total. The van der Waals surface area contributed by atoms with Crippen molar-refractivity contribution in [1.82, 2.24) is 5.32 Å². The summed E-state index contributed by atoms with van der Waals surface area (Å²) in [5.74, 6) is 0.148. The maximum Gasteiger partial charge on any atom is 0.269 e. The van der Waals surface area contributed by atoms with Gasteiger partial charge in [-0.15, -0.1) is 11.3 Å². The van der Waals surface area contributed by atoms with Crippen LogP contribution in [0.25, 0.3) is 10.1 Å². The number of rotatable bonds is 5. The number of ether oxygens (including phenoxy) is 1. The molecule has 0 saturated heterocycles. The van der Waals surface area contributed by atoms with Gasteiger partial charge in [0.1, 0.15) is 10.6 Å². The van der Waals surface area contributed by atoms with Gasteiger partial charge in [-0.1, -0.05) is 29.8 Å². The first kappa shape index (κ1) is 23.7. The topological polar surface area (TPSA) is 70.7 Å². The molecule has 4 rings (SSSR count). The number of nitrogens with one attached hydrogen (secondary N) is 2. The molecule has 0 saturated carbocycles. The van der Waals surface area contributed by atoms with Gasteiger partial charge in [-0.2, -0.15) is 0 Å². The van der Waals surface area contributed by atoms with Gasteiger partial charge in [0.05, 0.1) is 12.1 Å². The Morgan fingerprint density at radius 2 is 1.74 bits per heavy atom. The van der Waals surface area contributed by atoms with Crippen molar-refractivity contribution < 1.29 is 14.3 Å². The van der Waals surface area contributed by atoms with Gasteiger partial charge < -0.3 is 15.0 Å². The molecule has 2 N–H and O–H groups in total. The second-order valence-corrected chi connectivity index (χ2v) is 9.13. The highest BCUT2D eigenvalue weighted by Crippen LogP contribution is 2.37. The highest BCUT2D eigenvalue weighted by atomic mass is 35.5. The van der Waals surface area contributed by atoms with Gasteiger partial charge in [0.25, 0.3) is 11.8 Å². The summed E-state index contributed by atoms with van der Waals surface area (Å²) in [4.78, 5) is 27.4. The number of nitrogens with zero attached hydrogens (tertiary/aromatic N) is 1. The molecule has 0 unspecified atom stereocenters. The number of thiophene rings is 1. The van der Waals surface area contributed by atoms with E-state index in [2.05, 4.69) is 10.6 Å². The summed E-state index contributed by atoms with van der Waals surface area (Å²) in [5, 5.41) is 6.88. The normalized spacial score (nSPS) is 10.6. The number of para-hydroxylation sites is 1. The standard InChI is InChI=1S/C25H20ClN3O3S2/c1-29(17-6-4-3-5-7-17)24(31)15-8-10-16(11-9-15)27-25(33)28-23(30)22-21(26)19-13-12-18(32-2)14-20(19)34-22/h3-14H,1-2H3,(H2,27,28,30,33). The molecular weight excluding hydrogens is 490 g/mol. The van der Waals surface area contributed by atoms with Gasteiger partial charge >= 0.3 is 0 Å². The summed E-state index contributed by atoms with van der Waals surface area (Å²) < 4.78 is 6.07. The summed E-state index contributed by atoms with van der Waals surface area (Å²) in [6, 6.07) is 21.7. The first-order valence-electron chi connectivity index (χ1n) is 10.2. The van der Waals surface area contributed by atoms with Crippen molar-refractivity contribution >= 4 is 73.5 Å². The molecule has 0 bridgehead atoms. The first-order valence-corrected chi connectivity index (χ1v) is 11.8. The maximum atomic E-state index is 12.7. The second-order valence-electron chi connectivity index (χ2n) is 7.29. The smallest absolute Gasteiger partial charge is 0.269 e. The van der Waals surface area contributed by atoms with Crippen LogP contribution in [-0.2, 0) is 0 Å². The summed E-state index contributed by atoms with van der Waals surface area (Å²) >= 11 is 13.0. The van der Waals surface area contributed by atoms with Crippen LogP contribution in [0.4, 0.5) is 11.4 Å². The van der Waals surface area contributed by atoms with Crippen LogP contribution in [0.3, 0.4) is 0 Å². The van der Waals surface area contributed by atoms with E-state index in [0.29, 0.717) is 26.9 Å². The molecule has 2 amide bonds. The molecule has 3 aromatic carbocycles. The number of anilines is 2. The zero-order valence-electron chi connectivity index (χ0n) is 18.3. The van der Waals surface area contributed by atoms with Crippen LogP contribution >= 0.6 is 35.2 Å². The minimum Gasteiger partial charge on any atom is -0.497 e. The average Bonchev–Trinajstić information content (AvgIpc) is 3.19. The molecule has 0 aliphatic rings. The zero-order valence-corrected chi connectivity index (χ0v) is 20.7.